The zero-order chi connectivity index (χ0) is 25.0. The molecule has 0 radical (unpaired) electrons. The Kier molecular flexibility index (Phi) is 6.47. The number of imidazole rings is 1. The largest absolute Gasteiger partial charge is 0.373 e. The van der Waals surface area contributed by atoms with Gasteiger partial charge in [0.2, 0.25) is 11.9 Å². The average molecular weight is 496 g/mol. The second-order valence-corrected chi connectivity index (χ2v) is 9.35. The third-order valence-electron chi connectivity index (χ3n) is 6.91. The Morgan fingerprint density at radius 3 is 2.70 bits per heavy atom. The van der Waals surface area contributed by atoms with Crippen LogP contribution in [-0.4, -0.2) is 79.0 Å². The van der Waals surface area contributed by atoms with Crippen LogP contribution in [0.4, 0.5) is 17.3 Å². The summed E-state index contributed by atoms with van der Waals surface area (Å²) in [4.78, 5) is 35.1. The minimum atomic E-state index is -0.230. The van der Waals surface area contributed by atoms with E-state index in [2.05, 4.69) is 46.1 Å². The third kappa shape index (κ3) is 5.29. The average Bonchev–Trinajstić information content (AvgIpc) is 3.62. The molecule has 0 spiro atoms. The van der Waals surface area contributed by atoms with Gasteiger partial charge in [0.25, 0.3) is 0 Å². The van der Waals surface area contributed by atoms with Gasteiger partial charge >= 0.3 is 0 Å². The molecule has 0 aliphatic carbocycles. The van der Waals surface area contributed by atoms with Gasteiger partial charge in [-0.25, -0.2) is 15.0 Å². The van der Waals surface area contributed by atoms with Gasteiger partial charge in [-0.15, -0.1) is 0 Å². The number of nitrogens with one attached hydrogen (secondary N) is 2. The van der Waals surface area contributed by atoms with Crippen LogP contribution < -0.4 is 10.6 Å². The minimum absolute atomic E-state index is 0.173. The number of hydrogen-bond donors (Lipinski definition) is 2. The van der Waals surface area contributed by atoms with Gasteiger partial charge in [-0.3, -0.25) is 14.7 Å². The Labute approximate surface area is 215 Å². The normalized spacial score (nSPS) is 17.3. The van der Waals surface area contributed by atoms with Crippen molar-refractivity contribution in [3.63, 3.8) is 0 Å². The summed E-state index contributed by atoms with van der Waals surface area (Å²) in [6.07, 6.45) is 9.77. The first kappa shape index (κ1) is 23.1. The Balaban J connectivity index is 1.04. The lowest BCUT2D eigenvalue weighted by molar-refractivity contribution is -0.133. The van der Waals surface area contributed by atoms with E-state index in [1.807, 2.05) is 53.8 Å². The molecule has 188 valence electrons. The van der Waals surface area contributed by atoms with Gasteiger partial charge in [-0.1, -0.05) is 6.07 Å². The molecule has 0 saturated carbocycles. The minimum Gasteiger partial charge on any atom is -0.373 e. The predicted octanol–water partition coefficient (Wildman–Crippen LogP) is 2.66. The number of pyridine rings is 1. The number of carbonyl (C=O) groups excluding carboxylic acids is 1. The van der Waals surface area contributed by atoms with Gasteiger partial charge < -0.3 is 20.1 Å². The lowest BCUT2D eigenvalue weighted by atomic mass is 10.1. The van der Waals surface area contributed by atoms with Gasteiger partial charge in [0, 0.05) is 81.9 Å². The van der Waals surface area contributed by atoms with Crippen LogP contribution >= 0.6 is 0 Å². The summed E-state index contributed by atoms with van der Waals surface area (Å²) in [6.45, 7) is 5.19. The summed E-state index contributed by atoms with van der Waals surface area (Å²) in [5.74, 6) is 0.680. The highest BCUT2D eigenvalue weighted by Gasteiger charge is 2.32. The summed E-state index contributed by atoms with van der Waals surface area (Å²) in [5, 5.41) is 6.72. The Morgan fingerprint density at radius 1 is 0.973 bits per heavy atom. The van der Waals surface area contributed by atoms with Crippen LogP contribution in [0.5, 0.6) is 0 Å². The number of aromatic nitrogens is 5. The Hall–Kier alpha value is -4.31. The van der Waals surface area contributed by atoms with Gasteiger partial charge in [-0.05, 0) is 42.0 Å². The van der Waals surface area contributed by atoms with Crippen molar-refractivity contribution >= 4 is 23.2 Å². The summed E-state index contributed by atoms with van der Waals surface area (Å²) in [6, 6.07) is 13.4. The summed E-state index contributed by atoms with van der Waals surface area (Å²) in [5.41, 5.74) is 4.56. The van der Waals surface area contributed by atoms with Crippen LogP contribution in [-0.2, 0) is 17.8 Å². The Morgan fingerprint density at radius 2 is 1.89 bits per heavy atom. The van der Waals surface area contributed by atoms with Crippen LogP contribution in [0.3, 0.4) is 0 Å². The fourth-order valence-corrected chi connectivity index (χ4v) is 4.88. The van der Waals surface area contributed by atoms with E-state index in [0.29, 0.717) is 12.4 Å². The molecule has 2 aliphatic heterocycles. The maximum atomic E-state index is 13.3. The highest BCUT2D eigenvalue weighted by molar-refractivity contribution is 5.88. The molecule has 1 amide bonds. The Bertz CT molecular complexity index is 1350. The predicted molar refractivity (Wildman–Crippen MR) is 141 cm³/mol. The highest BCUT2D eigenvalue weighted by Crippen LogP contribution is 2.30. The maximum Gasteiger partial charge on any atom is 0.245 e. The number of fused-ring (bicyclic) bond motifs is 1. The van der Waals surface area contributed by atoms with E-state index < -0.39 is 0 Å². The van der Waals surface area contributed by atoms with E-state index in [1.165, 1.54) is 0 Å². The lowest BCUT2D eigenvalue weighted by Crippen LogP contribution is -2.52. The molecule has 1 unspecified atom stereocenters. The molecule has 10 heteroatoms. The number of anilines is 3. The molecule has 6 rings (SSSR count). The molecule has 2 aliphatic rings. The molecule has 3 aromatic heterocycles. The van der Waals surface area contributed by atoms with Gasteiger partial charge in [0.15, 0.2) is 0 Å². The molecule has 1 fully saturated rings. The number of nitrogens with zero attached hydrogens (tertiary/aromatic N) is 7. The molecule has 10 nitrogen and oxygen atoms in total. The summed E-state index contributed by atoms with van der Waals surface area (Å²) in [7, 11) is 0. The second-order valence-electron chi connectivity index (χ2n) is 9.35. The van der Waals surface area contributed by atoms with Crippen molar-refractivity contribution in [3.8, 4) is 11.4 Å². The molecule has 37 heavy (non-hydrogen) atoms. The van der Waals surface area contributed by atoms with E-state index in [1.54, 1.807) is 18.6 Å². The number of carbonyl (C=O) groups is 1. The van der Waals surface area contributed by atoms with Gasteiger partial charge in [0.05, 0.1) is 17.7 Å². The maximum absolute atomic E-state index is 13.3. The molecular weight excluding hydrogens is 466 g/mol. The van der Waals surface area contributed by atoms with Gasteiger partial charge in [0.1, 0.15) is 6.04 Å². The molecule has 5 heterocycles. The van der Waals surface area contributed by atoms with Crippen LogP contribution in [0.1, 0.15) is 5.56 Å². The van der Waals surface area contributed by atoms with E-state index in [0.717, 1.165) is 67.6 Å². The van der Waals surface area contributed by atoms with Crippen LogP contribution in [0.2, 0.25) is 0 Å². The van der Waals surface area contributed by atoms with Crippen molar-refractivity contribution in [2.75, 3.05) is 43.4 Å². The smallest absolute Gasteiger partial charge is 0.245 e. The number of hydrogen-bond acceptors (Lipinski definition) is 8. The first-order valence-electron chi connectivity index (χ1n) is 12.6. The van der Waals surface area contributed by atoms with Crippen molar-refractivity contribution in [2.45, 2.75) is 19.0 Å². The van der Waals surface area contributed by atoms with E-state index in [4.69, 9.17) is 0 Å². The fraction of sp³-hybridized carbons (Fsp3) is 0.296. The molecule has 2 N–H and O–H groups in total. The number of rotatable bonds is 7. The van der Waals surface area contributed by atoms with Crippen LogP contribution in [0.25, 0.3) is 11.4 Å². The monoisotopic (exact) mass is 495 g/mol. The number of piperazine rings is 1. The summed E-state index contributed by atoms with van der Waals surface area (Å²) < 4.78 is 2.09. The standard InChI is InChI=1S/C27H29N9O/c37-26(36-15-13-34(14-16-36)11-12-35-10-9-28-19-35)25-18-20-17-21(4-5-22(20)32-25)31-27-30-8-6-24(33-27)23-3-1-2-7-29-23/h1-10,17,19,25,32H,11-16,18H2,(H,30,31,33). The van der Waals surface area contributed by atoms with Crippen molar-refractivity contribution < 1.29 is 4.79 Å². The SMILES string of the molecule is O=C(C1Cc2cc(Nc3nccc(-c4ccccn4)n3)ccc2N1)N1CCN(CCn2ccnc2)CC1. The topological polar surface area (TPSA) is 104 Å². The molecule has 0 bridgehead atoms. The van der Waals surface area contributed by atoms with E-state index >= 15 is 0 Å². The first-order valence-corrected chi connectivity index (χ1v) is 12.6. The number of benzene rings is 1. The third-order valence-corrected chi connectivity index (χ3v) is 6.91. The molecule has 4 aromatic rings. The highest BCUT2D eigenvalue weighted by atomic mass is 16.2. The quantitative estimate of drug-likeness (QED) is 0.403. The van der Waals surface area contributed by atoms with Crippen molar-refractivity contribution in [2.24, 2.45) is 0 Å². The van der Waals surface area contributed by atoms with Crippen molar-refractivity contribution in [3.05, 3.63) is 79.1 Å². The molecule has 1 aromatic carbocycles. The van der Waals surface area contributed by atoms with Gasteiger partial charge in [-0.2, -0.15) is 0 Å². The molecule has 1 saturated heterocycles. The zero-order valence-corrected chi connectivity index (χ0v) is 20.5. The molecule has 1 atom stereocenters. The fourth-order valence-electron chi connectivity index (χ4n) is 4.88. The van der Waals surface area contributed by atoms with Crippen LogP contribution in [0.15, 0.2) is 73.6 Å². The van der Waals surface area contributed by atoms with Crippen LogP contribution in [0, 0.1) is 0 Å². The molecular formula is C27H29N9O. The van der Waals surface area contributed by atoms with E-state index in [9.17, 15) is 4.79 Å². The summed E-state index contributed by atoms with van der Waals surface area (Å²) >= 11 is 0. The van der Waals surface area contributed by atoms with E-state index in [-0.39, 0.29) is 11.9 Å². The lowest BCUT2D eigenvalue weighted by Gasteiger charge is -2.36. The number of amides is 1. The zero-order valence-electron chi connectivity index (χ0n) is 20.5. The van der Waals surface area contributed by atoms with Crippen molar-refractivity contribution in [1.29, 1.82) is 0 Å². The van der Waals surface area contributed by atoms with Crippen molar-refractivity contribution in [1.82, 2.24) is 34.3 Å². The first-order chi connectivity index (χ1) is 18.2. The second kappa shape index (κ2) is 10.4.